The van der Waals surface area contributed by atoms with Crippen LogP contribution < -0.4 is 20.1 Å². The van der Waals surface area contributed by atoms with Crippen molar-refractivity contribution in [2.45, 2.75) is 26.7 Å². The molecule has 0 saturated carbocycles. The third-order valence-electron chi connectivity index (χ3n) is 6.89. The van der Waals surface area contributed by atoms with E-state index in [2.05, 4.69) is 26.6 Å². The lowest BCUT2D eigenvalue weighted by Gasteiger charge is -2.19. The highest BCUT2D eigenvalue weighted by Crippen LogP contribution is 2.46. The highest BCUT2D eigenvalue weighted by atomic mass is 79.9. The summed E-state index contributed by atoms with van der Waals surface area (Å²) in [6, 6.07) is 20.2. The number of ether oxygens (including phenoxy) is 2. The van der Waals surface area contributed by atoms with Crippen molar-refractivity contribution in [2.75, 3.05) is 13.1 Å². The Morgan fingerprint density at radius 2 is 1.18 bits per heavy atom. The van der Waals surface area contributed by atoms with E-state index < -0.39 is 24.1 Å². The van der Waals surface area contributed by atoms with E-state index in [0.29, 0.717) is 24.0 Å². The Labute approximate surface area is 267 Å². The number of amides is 2. The lowest BCUT2D eigenvalue weighted by atomic mass is 9.92. The second-order valence-electron chi connectivity index (χ2n) is 10.1. The number of carboxylic acid groups (broad SMARTS) is 2. The van der Waals surface area contributed by atoms with Gasteiger partial charge in [0.05, 0.1) is 0 Å². The molecule has 0 aliphatic carbocycles. The number of halogens is 1. The first-order chi connectivity index (χ1) is 21.5. The molecule has 4 aromatic rings. The monoisotopic (exact) mass is 674 g/mol. The molecule has 0 fully saturated rings. The molecular formula is C34H31BrN2O8. The van der Waals surface area contributed by atoms with Crippen molar-refractivity contribution in [1.82, 2.24) is 10.6 Å². The van der Waals surface area contributed by atoms with Crippen LogP contribution in [0.4, 0.5) is 9.59 Å². The molecule has 0 bridgehead atoms. The van der Waals surface area contributed by atoms with Gasteiger partial charge in [-0.15, -0.1) is 0 Å². The molecule has 0 unspecified atom stereocenters. The van der Waals surface area contributed by atoms with Crippen molar-refractivity contribution in [2.24, 2.45) is 0 Å². The lowest BCUT2D eigenvalue weighted by Crippen LogP contribution is -2.28. The van der Waals surface area contributed by atoms with Gasteiger partial charge in [0.2, 0.25) is 0 Å². The summed E-state index contributed by atoms with van der Waals surface area (Å²) in [7, 11) is 0. The van der Waals surface area contributed by atoms with Crippen LogP contribution in [0, 0.1) is 0 Å². The van der Waals surface area contributed by atoms with E-state index in [-0.39, 0.29) is 35.7 Å². The van der Waals surface area contributed by atoms with Gasteiger partial charge in [0.15, 0.2) is 0 Å². The molecule has 0 spiro atoms. The third kappa shape index (κ3) is 8.48. The summed E-state index contributed by atoms with van der Waals surface area (Å²) in [6.45, 7) is 3.26. The number of carboxylic acids is 2. The molecule has 4 rings (SSSR count). The number of fused-ring (bicyclic) bond motifs is 2. The van der Waals surface area contributed by atoms with Crippen LogP contribution in [-0.2, 0) is 9.59 Å². The Bertz CT molecular complexity index is 1850. The molecule has 11 heteroatoms. The van der Waals surface area contributed by atoms with Gasteiger partial charge < -0.3 is 30.3 Å². The van der Waals surface area contributed by atoms with Gasteiger partial charge in [-0.1, -0.05) is 70.5 Å². The number of benzene rings is 4. The Kier molecular flexibility index (Phi) is 10.9. The Morgan fingerprint density at radius 3 is 1.71 bits per heavy atom. The van der Waals surface area contributed by atoms with Gasteiger partial charge in [0, 0.05) is 39.8 Å². The second-order valence-corrected chi connectivity index (χ2v) is 11.0. The number of hydrogen-bond acceptors (Lipinski definition) is 6. The first-order valence-electron chi connectivity index (χ1n) is 14.0. The molecule has 0 aliphatic heterocycles. The molecule has 4 aromatic carbocycles. The summed E-state index contributed by atoms with van der Waals surface area (Å²) >= 11 is 3.51. The van der Waals surface area contributed by atoms with Crippen LogP contribution in [0.1, 0.15) is 26.7 Å². The minimum absolute atomic E-state index is 0.156. The van der Waals surface area contributed by atoms with Gasteiger partial charge in [-0.2, -0.15) is 0 Å². The van der Waals surface area contributed by atoms with E-state index in [1.54, 1.807) is 12.1 Å². The van der Waals surface area contributed by atoms with Gasteiger partial charge in [0.25, 0.3) is 0 Å². The minimum atomic E-state index is -1.03. The highest BCUT2D eigenvalue weighted by molar-refractivity contribution is 9.10. The summed E-state index contributed by atoms with van der Waals surface area (Å²) in [5, 5.41) is 26.5. The minimum Gasteiger partial charge on any atom is -0.478 e. The maximum atomic E-state index is 12.9. The maximum Gasteiger partial charge on any atom is 0.412 e. The molecule has 0 atom stereocenters. The van der Waals surface area contributed by atoms with E-state index in [9.17, 15) is 19.2 Å². The van der Waals surface area contributed by atoms with Gasteiger partial charge in [-0.25, -0.2) is 19.2 Å². The molecule has 0 saturated heterocycles. The fraction of sp³-hybridized carbons (Fsp3) is 0.176. The number of carbonyl (C=O) groups is 4. The molecule has 2 amide bonds. The highest BCUT2D eigenvalue weighted by Gasteiger charge is 2.22. The lowest BCUT2D eigenvalue weighted by molar-refractivity contribution is -0.133. The van der Waals surface area contributed by atoms with Crippen molar-refractivity contribution in [1.29, 1.82) is 0 Å². The zero-order chi connectivity index (χ0) is 32.5. The Morgan fingerprint density at radius 1 is 0.689 bits per heavy atom. The molecule has 0 aromatic heterocycles. The fourth-order valence-corrected chi connectivity index (χ4v) is 4.97. The topological polar surface area (TPSA) is 151 Å². The first-order valence-corrected chi connectivity index (χ1v) is 14.8. The number of hydrogen-bond donors (Lipinski definition) is 4. The van der Waals surface area contributed by atoms with Gasteiger partial charge in [0.1, 0.15) is 11.5 Å². The Hall–Kier alpha value is -5.16. The molecule has 0 radical (unpaired) electrons. The van der Waals surface area contributed by atoms with E-state index in [1.807, 2.05) is 54.6 Å². The predicted molar refractivity (Wildman–Crippen MR) is 175 cm³/mol. The zero-order valence-corrected chi connectivity index (χ0v) is 26.1. The third-order valence-corrected chi connectivity index (χ3v) is 7.39. The smallest absolute Gasteiger partial charge is 0.412 e. The zero-order valence-electron chi connectivity index (χ0n) is 24.6. The normalized spacial score (nSPS) is 11.7. The fourth-order valence-electron chi connectivity index (χ4n) is 4.59. The molecular weight excluding hydrogens is 644 g/mol. The maximum absolute atomic E-state index is 12.9. The van der Waals surface area contributed by atoms with E-state index in [0.717, 1.165) is 26.0 Å². The van der Waals surface area contributed by atoms with Crippen LogP contribution in [0.5, 0.6) is 11.5 Å². The van der Waals surface area contributed by atoms with Crippen molar-refractivity contribution < 1.29 is 38.9 Å². The van der Waals surface area contributed by atoms with Crippen molar-refractivity contribution in [3.63, 3.8) is 0 Å². The summed E-state index contributed by atoms with van der Waals surface area (Å²) in [5.74, 6) is -1.62. The summed E-state index contributed by atoms with van der Waals surface area (Å²) in [5.41, 5.74) is 1.40. The van der Waals surface area contributed by atoms with E-state index in [4.69, 9.17) is 19.7 Å². The van der Waals surface area contributed by atoms with Crippen LogP contribution in [0.15, 0.2) is 94.5 Å². The predicted octanol–water partition coefficient (Wildman–Crippen LogP) is 7.44. The molecule has 0 heterocycles. The van der Waals surface area contributed by atoms with Crippen molar-refractivity contribution in [3.8, 4) is 22.6 Å². The van der Waals surface area contributed by atoms with Gasteiger partial charge >= 0.3 is 24.1 Å². The Balaban J connectivity index is 1.72. The standard InChI is InChI=1S/C34H31BrN2O8/c1-20(31(38)39)7-5-17-36-33(42)44-27-15-11-22-9-3-4-10-25(22)29(27)30-26-14-13-24(35)19-23(26)12-16-28(30)45-34(43)37-18-6-8-21(2)32(40)41/h3-4,7-16,19H,5-6,17-18H2,1-2H3,(H,36,42)(H,37,43)(H,38,39)(H,40,41)/b20-7+,21-8+. The average Bonchev–Trinajstić information content (AvgIpc) is 3.01. The molecule has 10 nitrogen and oxygen atoms in total. The second kappa shape index (κ2) is 15.0. The SMILES string of the molecule is C/C(=C\CCNC(=O)Oc1ccc2ccccc2c1-c1c(OC(=O)NCC/C=C(\C)C(=O)O)ccc2cc(Br)ccc12)C(=O)O. The molecule has 232 valence electrons. The number of nitrogens with one attached hydrogen (secondary N) is 2. The number of aliphatic carboxylic acids is 2. The van der Waals surface area contributed by atoms with E-state index >= 15 is 0 Å². The van der Waals surface area contributed by atoms with Gasteiger partial charge in [-0.3, -0.25) is 0 Å². The quantitative estimate of drug-likeness (QED) is 0.0946. The molecule has 4 N–H and O–H groups in total. The van der Waals surface area contributed by atoms with Crippen LogP contribution in [0.3, 0.4) is 0 Å². The first kappa shape index (κ1) is 32.7. The summed E-state index contributed by atoms with van der Waals surface area (Å²) < 4.78 is 12.5. The largest absolute Gasteiger partial charge is 0.478 e. The molecule has 0 aliphatic rings. The van der Waals surface area contributed by atoms with Gasteiger partial charge in [-0.05, 0) is 72.5 Å². The number of carbonyl (C=O) groups excluding carboxylic acids is 2. The number of rotatable bonds is 11. The van der Waals surface area contributed by atoms with Crippen molar-refractivity contribution in [3.05, 3.63) is 94.5 Å². The van der Waals surface area contributed by atoms with Crippen LogP contribution in [0.25, 0.3) is 32.7 Å². The summed E-state index contributed by atoms with van der Waals surface area (Å²) in [4.78, 5) is 47.9. The molecule has 45 heavy (non-hydrogen) atoms. The van der Waals surface area contributed by atoms with E-state index in [1.165, 1.54) is 26.0 Å². The van der Waals surface area contributed by atoms with Crippen LogP contribution in [0.2, 0.25) is 0 Å². The summed E-state index contributed by atoms with van der Waals surface area (Å²) in [6.07, 6.45) is 2.15. The average molecular weight is 676 g/mol. The van der Waals surface area contributed by atoms with Crippen molar-refractivity contribution >= 4 is 61.6 Å². The van der Waals surface area contributed by atoms with Crippen LogP contribution >= 0.6 is 15.9 Å². The van der Waals surface area contributed by atoms with Crippen LogP contribution in [-0.4, -0.2) is 47.4 Å².